The molecule has 0 saturated heterocycles. The molecule has 1 aliphatic carbocycles. The van der Waals surface area contributed by atoms with Crippen molar-refractivity contribution in [2.75, 3.05) is 5.32 Å². The summed E-state index contributed by atoms with van der Waals surface area (Å²) in [6.07, 6.45) is 8.65. The number of nitrogens with one attached hydrogen (secondary N) is 1. The third kappa shape index (κ3) is 4.15. The zero-order valence-electron chi connectivity index (χ0n) is 19.7. The maximum Gasteiger partial charge on any atom is 0.241 e. The number of imidazole rings is 1. The number of pyridine rings is 1. The van der Waals surface area contributed by atoms with Gasteiger partial charge < -0.3 is 9.88 Å². The van der Waals surface area contributed by atoms with Crippen LogP contribution in [0.3, 0.4) is 0 Å². The van der Waals surface area contributed by atoms with Crippen molar-refractivity contribution in [1.82, 2.24) is 29.1 Å². The molecule has 0 aromatic carbocycles. The lowest BCUT2D eigenvalue weighted by Gasteiger charge is -2.26. The smallest absolute Gasteiger partial charge is 0.241 e. The van der Waals surface area contributed by atoms with E-state index < -0.39 is 5.41 Å². The SMILES string of the molecule is Cc1nc2ccc(-c3ccn4nc(NC5CCC(C)CC5)ncc34)nc2n1CC(C)(C)C#N. The fraction of sp³-hybridized carbons (Fsp3) is 0.480. The zero-order valence-corrected chi connectivity index (χ0v) is 19.7. The van der Waals surface area contributed by atoms with Crippen LogP contribution in [-0.2, 0) is 6.54 Å². The quantitative estimate of drug-likeness (QED) is 0.468. The topological polar surface area (TPSA) is 96.7 Å². The molecule has 0 radical (unpaired) electrons. The lowest BCUT2D eigenvalue weighted by atomic mass is 9.87. The van der Waals surface area contributed by atoms with E-state index >= 15 is 0 Å². The van der Waals surface area contributed by atoms with Crippen LogP contribution in [0.25, 0.3) is 27.9 Å². The number of hydrogen-bond acceptors (Lipinski definition) is 6. The normalized spacial score (nSPS) is 19.1. The van der Waals surface area contributed by atoms with Gasteiger partial charge in [-0.15, -0.1) is 5.10 Å². The molecular formula is C25H30N8. The Morgan fingerprint density at radius 2 is 1.94 bits per heavy atom. The first-order valence-electron chi connectivity index (χ1n) is 11.7. The van der Waals surface area contributed by atoms with Crippen LogP contribution in [0.2, 0.25) is 0 Å². The average molecular weight is 443 g/mol. The Bertz CT molecular complexity index is 1350. The lowest BCUT2D eigenvalue weighted by Crippen LogP contribution is -2.26. The van der Waals surface area contributed by atoms with Crippen LogP contribution in [0, 0.1) is 29.6 Å². The molecule has 170 valence electrons. The average Bonchev–Trinajstić information content (AvgIpc) is 3.35. The maximum atomic E-state index is 9.49. The number of nitrogens with zero attached hydrogens (tertiary/aromatic N) is 7. The summed E-state index contributed by atoms with van der Waals surface area (Å²) in [6.45, 7) is 8.68. The molecular weight excluding hydrogens is 412 g/mol. The minimum absolute atomic E-state index is 0.443. The van der Waals surface area contributed by atoms with Gasteiger partial charge in [0.25, 0.3) is 0 Å². The van der Waals surface area contributed by atoms with Crippen molar-refractivity contribution < 1.29 is 0 Å². The highest BCUT2D eigenvalue weighted by Gasteiger charge is 2.22. The molecule has 8 heteroatoms. The van der Waals surface area contributed by atoms with E-state index in [0.717, 1.165) is 39.7 Å². The molecule has 4 aromatic heterocycles. The lowest BCUT2D eigenvalue weighted by molar-refractivity contribution is 0.360. The van der Waals surface area contributed by atoms with Crippen molar-refractivity contribution in [3.05, 3.63) is 36.4 Å². The fourth-order valence-corrected chi connectivity index (χ4v) is 4.65. The van der Waals surface area contributed by atoms with Crippen LogP contribution < -0.4 is 5.32 Å². The Kier molecular flexibility index (Phi) is 5.28. The number of hydrogen-bond donors (Lipinski definition) is 1. The molecule has 1 saturated carbocycles. The van der Waals surface area contributed by atoms with Crippen LogP contribution in [0.1, 0.15) is 52.3 Å². The summed E-state index contributed by atoms with van der Waals surface area (Å²) in [5, 5.41) is 17.7. The summed E-state index contributed by atoms with van der Waals surface area (Å²) < 4.78 is 3.90. The fourth-order valence-electron chi connectivity index (χ4n) is 4.65. The molecule has 0 spiro atoms. The van der Waals surface area contributed by atoms with Crippen molar-refractivity contribution in [3.8, 4) is 17.3 Å². The molecule has 0 amide bonds. The number of aryl methyl sites for hydroxylation is 1. The van der Waals surface area contributed by atoms with Gasteiger partial charge in [-0.3, -0.25) is 0 Å². The van der Waals surface area contributed by atoms with Crippen molar-refractivity contribution in [2.24, 2.45) is 11.3 Å². The largest absolute Gasteiger partial charge is 0.350 e. The number of nitriles is 1. The Morgan fingerprint density at radius 1 is 1.15 bits per heavy atom. The van der Waals surface area contributed by atoms with Crippen LogP contribution in [0.4, 0.5) is 5.95 Å². The van der Waals surface area contributed by atoms with Crippen molar-refractivity contribution in [1.29, 1.82) is 5.26 Å². The first kappa shape index (κ1) is 21.4. The first-order chi connectivity index (χ1) is 15.8. The Morgan fingerprint density at radius 3 is 2.70 bits per heavy atom. The predicted octanol–water partition coefficient (Wildman–Crippen LogP) is 4.99. The standard InChI is InChI=1S/C25H30N8/c1-16-5-7-18(8-6-16)29-24-27-13-22-19(11-12-33(22)31-24)20-9-10-21-23(30-20)32(17(2)28-21)15-25(3,4)14-26/h9-13,16,18H,5-8,15H2,1-4H3,(H,29,31). The summed E-state index contributed by atoms with van der Waals surface area (Å²) >= 11 is 0. The van der Waals surface area contributed by atoms with Crippen molar-refractivity contribution >= 4 is 22.6 Å². The van der Waals surface area contributed by atoms with Crippen LogP contribution >= 0.6 is 0 Å². The van der Waals surface area contributed by atoms with Gasteiger partial charge in [0.1, 0.15) is 11.3 Å². The summed E-state index contributed by atoms with van der Waals surface area (Å²) in [4.78, 5) is 14.2. The van der Waals surface area contributed by atoms with Gasteiger partial charge in [0.15, 0.2) is 5.65 Å². The molecule has 0 unspecified atom stereocenters. The summed E-state index contributed by atoms with van der Waals surface area (Å²) in [5.41, 5.74) is 3.83. The van der Waals surface area contributed by atoms with Gasteiger partial charge in [0.05, 0.1) is 28.9 Å². The van der Waals surface area contributed by atoms with Gasteiger partial charge in [0.2, 0.25) is 5.95 Å². The van der Waals surface area contributed by atoms with Gasteiger partial charge in [-0.05, 0) is 70.6 Å². The highest BCUT2D eigenvalue weighted by atomic mass is 15.3. The Balaban J connectivity index is 1.46. The molecule has 4 aromatic rings. The first-order valence-corrected chi connectivity index (χ1v) is 11.7. The van der Waals surface area contributed by atoms with Gasteiger partial charge in [-0.1, -0.05) is 6.92 Å². The molecule has 1 N–H and O–H groups in total. The molecule has 33 heavy (non-hydrogen) atoms. The van der Waals surface area contributed by atoms with Crippen LogP contribution in [0.5, 0.6) is 0 Å². The number of aromatic nitrogens is 6. The van der Waals surface area contributed by atoms with Gasteiger partial charge in [-0.2, -0.15) is 5.26 Å². The number of anilines is 1. The van der Waals surface area contributed by atoms with E-state index in [0.29, 0.717) is 18.5 Å². The monoisotopic (exact) mass is 442 g/mol. The molecule has 0 aliphatic heterocycles. The van der Waals surface area contributed by atoms with Crippen molar-refractivity contribution in [3.63, 3.8) is 0 Å². The third-order valence-corrected chi connectivity index (χ3v) is 6.68. The van der Waals surface area contributed by atoms with E-state index in [1.807, 2.05) is 60.4 Å². The zero-order chi connectivity index (χ0) is 23.2. The number of fused-ring (bicyclic) bond motifs is 2. The minimum Gasteiger partial charge on any atom is -0.350 e. The molecule has 1 fully saturated rings. The highest BCUT2D eigenvalue weighted by Crippen LogP contribution is 2.29. The van der Waals surface area contributed by atoms with Gasteiger partial charge in [-0.25, -0.2) is 19.5 Å². The molecule has 5 rings (SSSR count). The Labute approximate surface area is 193 Å². The van der Waals surface area contributed by atoms with E-state index in [1.54, 1.807) is 0 Å². The molecule has 0 bridgehead atoms. The van der Waals surface area contributed by atoms with E-state index in [-0.39, 0.29) is 0 Å². The predicted molar refractivity (Wildman–Crippen MR) is 129 cm³/mol. The summed E-state index contributed by atoms with van der Waals surface area (Å²) in [5.74, 6) is 2.34. The second-order valence-corrected chi connectivity index (χ2v) is 10.0. The van der Waals surface area contributed by atoms with E-state index in [4.69, 9.17) is 10.1 Å². The van der Waals surface area contributed by atoms with Gasteiger partial charge >= 0.3 is 0 Å². The molecule has 0 atom stereocenters. The molecule has 1 aliphatic rings. The summed E-state index contributed by atoms with van der Waals surface area (Å²) in [7, 11) is 0. The van der Waals surface area contributed by atoms with Crippen LogP contribution in [0.15, 0.2) is 30.6 Å². The summed E-state index contributed by atoms with van der Waals surface area (Å²) in [6, 6.07) is 8.82. The second-order valence-electron chi connectivity index (χ2n) is 10.0. The van der Waals surface area contributed by atoms with E-state index in [9.17, 15) is 5.26 Å². The van der Waals surface area contributed by atoms with E-state index in [1.165, 1.54) is 25.7 Å². The molecule has 4 heterocycles. The third-order valence-electron chi connectivity index (χ3n) is 6.68. The molecule has 8 nitrogen and oxygen atoms in total. The van der Waals surface area contributed by atoms with Gasteiger partial charge in [0, 0.05) is 24.3 Å². The maximum absolute atomic E-state index is 9.49. The van der Waals surface area contributed by atoms with E-state index in [2.05, 4.69) is 28.3 Å². The minimum atomic E-state index is -0.507. The second kappa shape index (κ2) is 8.14. The number of rotatable bonds is 5. The Hall–Kier alpha value is -3.47. The van der Waals surface area contributed by atoms with Crippen LogP contribution in [-0.4, -0.2) is 35.2 Å². The highest BCUT2D eigenvalue weighted by molar-refractivity contribution is 5.82. The van der Waals surface area contributed by atoms with Crippen molar-refractivity contribution in [2.45, 2.75) is 66.0 Å².